The van der Waals surface area contributed by atoms with E-state index < -0.39 is 0 Å². The zero-order valence-electron chi connectivity index (χ0n) is 14.2. The Bertz CT molecular complexity index is 793. The summed E-state index contributed by atoms with van der Waals surface area (Å²) in [5.41, 5.74) is 2.46. The minimum atomic E-state index is 0.599. The van der Waals surface area contributed by atoms with Gasteiger partial charge in [-0.25, -0.2) is 0 Å². The summed E-state index contributed by atoms with van der Waals surface area (Å²) < 4.78 is 8.10. The minimum absolute atomic E-state index is 0.599. The van der Waals surface area contributed by atoms with Gasteiger partial charge in [0.25, 0.3) is 0 Å². The lowest BCUT2D eigenvalue weighted by Gasteiger charge is -2.20. The Balaban J connectivity index is 1.36. The van der Waals surface area contributed by atoms with Crippen LogP contribution in [0.1, 0.15) is 17.0 Å². The molecule has 0 unspecified atom stereocenters. The third-order valence-electron chi connectivity index (χ3n) is 4.56. The molecular weight excluding hydrogens is 312 g/mol. The quantitative estimate of drug-likeness (QED) is 0.719. The summed E-state index contributed by atoms with van der Waals surface area (Å²) in [5.74, 6) is 2.01. The summed E-state index contributed by atoms with van der Waals surface area (Å²) >= 11 is 0. The van der Waals surface area contributed by atoms with Gasteiger partial charge in [0.1, 0.15) is 24.5 Å². The van der Waals surface area contributed by atoms with Gasteiger partial charge in [0.15, 0.2) is 0 Å². The van der Waals surface area contributed by atoms with E-state index in [1.165, 1.54) is 11.1 Å². The van der Waals surface area contributed by atoms with Crippen LogP contribution in [0, 0.1) is 0 Å². The fourth-order valence-corrected chi connectivity index (χ4v) is 3.17. The molecule has 128 valence electrons. The number of benzene rings is 2. The van der Waals surface area contributed by atoms with Crippen LogP contribution in [0.15, 0.2) is 60.9 Å². The van der Waals surface area contributed by atoms with Gasteiger partial charge >= 0.3 is 0 Å². The van der Waals surface area contributed by atoms with E-state index in [4.69, 9.17) is 4.74 Å². The van der Waals surface area contributed by atoms with Gasteiger partial charge < -0.3 is 9.30 Å². The van der Waals surface area contributed by atoms with Crippen molar-refractivity contribution >= 4 is 0 Å². The number of hydrogen-bond acceptors (Lipinski definition) is 4. The van der Waals surface area contributed by atoms with Crippen molar-refractivity contribution in [1.29, 1.82) is 0 Å². The van der Waals surface area contributed by atoms with Crippen molar-refractivity contribution in [2.45, 2.75) is 26.1 Å². The minimum Gasteiger partial charge on any atom is -0.489 e. The van der Waals surface area contributed by atoms with Crippen LogP contribution in [0.2, 0.25) is 0 Å². The highest BCUT2D eigenvalue weighted by Gasteiger charge is 2.15. The van der Waals surface area contributed by atoms with Gasteiger partial charge in [0.2, 0.25) is 0 Å². The van der Waals surface area contributed by atoms with Crippen molar-refractivity contribution in [2.24, 2.45) is 0 Å². The first-order chi connectivity index (χ1) is 12.4. The molecule has 1 aliphatic rings. The summed E-state index contributed by atoms with van der Waals surface area (Å²) in [5, 5.41) is 8.18. The summed E-state index contributed by atoms with van der Waals surface area (Å²) in [6, 6.07) is 18.7. The van der Waals surface area contributed by atoms with Crippen LogP contribution in [0.3, 0.4) is 0 Å². The predicted octanol–water partition coefficient (Wildman–Crippen LogP) is 2.92. The van der Waals surface area contributed by atoms with Crippen LogP contribution >= 0.6 is 0 Å². The van der Waals surface area contributed by atoms with Crippen LogP contribution in [0.25, 0.3) is 0 Å². The third-order valence-corrected chi connectivity index (χ3v) is 4.56. The monoisotopic (exact) mass is 334 g/mol. The van der Waals surface area contributed by atoms with E-state index in [2.05, 4.69) is 50.0 Å². The zero-order chi connectivity index (χ0) is 16.9. The molecule has 2 aromatic carbocycles. The fraction of sp³-hybridized carbons (Fsp3) is 0.300. The Kier molecular flexibility index (Phi) is 4.74. The van der Waals surface area contributed by atoms with Crippen LogP contribution in [0.5, 0.6) is 5.75 Å². The molecule has 0 saturated carbocycles. The standard InChI is InChI=1S/C20H22N4O/c1-2-5-17(6-3-1)15-25-19-8-4-7-18(13-19)14-23-10-9-20-22-21-16-24(20)12-11-23/h1-8,13,16H,9-12,14-15H2. The number of nitrogens with zero attached hydrogens (tertiary/aromatic N) is 4. The van der Waals surface area contributed by atoms with Gasteiger partial charge in [-0.1, -0.05) is 42.5 Å². The van der Waals surface area contributed by atoms with Crippen molar-refractivity contribution in [2.75, 3.05) is 13.1 Å². The van der Waals surface area contributed by atoms with E-state index in [1.807, 2.05) is 30.6 Å². The molecule has 0 spiro atoms. The van der Waals surface area contributed by atoms with Gasteiger partial charge in [-0.3, -0.25) is 4.90 Å². The lowest BCUT2D eigenvalue weighted by molar-refractivity contribution is 0.269. The second kappa shape index (κ2) is 7.49. The second-order valence-electron chi connectivity index (χ2n) is 6.39. The molecule has 4 rings (SSSR count). The molecule has 0 radical (unpaired) electrons. The first kappa shape index (κ1) is 15.8. The second-order valence-corrected chi connectivity index (χ2v) is 6.39. The molecule has 3 aromatic rings. The van der Waals surface area contributed by atoms with E-state index >= 15 is 0 Å². The molecule has 5 heteroatoms. The molecule has 5 nitrogen and oxygen atoms in total. The molecule has 0 bridgehead atoms. The molecule has 0 fully saturated rings. The summed E-state index contributed by atoms with van der Waals surface area (Å²) in [4.78, 5) is 2.46. The molecule has 0 amide bonds. The van der Waals surface area contributed by atoms with Crippen molar-refractivity contribution in [3.63, 3.8) is 0 Å². The van der Waals surface area contributed by atoms with E-state index in [0.717, 1.165) is 44.2 Å². The normalized spacial score (nSPS) is 14.7. The lowest BCUT2D eigenvalue weighted by Crippen LogP contribution is -2.26. The van der Waals surface area contributed by atoms with Crippen LogP contribution in [0.4, 0.5) is 0 Å². The van der Waals surface area contributed by atoms with Gasteiger partial charge in [0.05, 0.1) is 0 Å². The topological polar surface area (TPSA) is 43.2 Å². The number of rotatable bonds is 5. The van der Waals surface area contributed by atoms with Crippen LogP contribution < -0.4 is 4.74 Å². The van der Waals surface area contributed by atoms with Crippen molar-refractivity contribution in [3.05, 3.63) is 77.9 Å². The van der Waals surface area contributed by atoms with Crippen LogP contribution in [-0.4, -0.2) is 32.8 Å². The van der Waals surface area contributed by atoms with E-state index in [-0.39, 0.29) is 0 Å². The average Bonchev–Trinajstić information content (AvgIpc) is 3.03. The Hall–Kier alpha value is -2.66. The van der Waals surface area contributed by atoms with Crippen molar-refractivity contribution < 1.29 is 4.74 Å². The van der Waals surface area contributed by atoms with E-state index in [0.29, 0.717) is 6.61 Å². The van der Waals surface area contributed by atoms with E-state index in [9.17, 15) is 0 Å². The molecule has 0 N–H and O–H groups in total. The number of hydrogen-bond donors (Lipinski definition) is 0. The van der Waals surface area contributed by atoms with Crippen LogP contribution in [-0.2, 0) is 26.1 Å². The molecule has 0 aliphatic carbocycles. The highest BCUT2D eigenvalue weighted by molar-refractivity contribution is 5.29. The van der Waals surface area contributed by atoms with Crippen molar-refractivity contribution in [1.82, 2.24) is 19.7 Å². The number of aromatic nitrogens is 3. The molecule has 1 aliphatic heterocycles. The largest absolute Gasteiger partial charge is 0.489 e. The first-order valence-electron chi connectivity index (χ1n) is 8.71. The number of fused-ring (bicyclic) bond motifs is 1. The van der Waals surface area contributed by atoms with Gasteiger partial charge in [-0.05, 0) is 23.3 Å². The summed E-state index contributed by atoms with van der Waals surface area (Å²) in [6.07, 6.45) is 2.78. The third kappa shape index (κ3) is 4.06. The first-order valence-corrected chi connectivity index (χ1v) is 8.71. The maximum atomic E-state index is 5.94. The fourth-order valence-electron chi connectivity index (χ4n) is 3.17. The Labute approximate surface area is 147 Å². The highest BCUT2D eigenvalue weighted by atomic mass is 16.5. The molecule has 25 heavy (non-hydrogen) atoms. The van der Waals surface area contributed by atoms with Crippen molar-refractivity contribution in [3.8, 4) is 5.75 Å². The van der Waals surface area contributed by atoms with Gasteiger partial charge in [-0.2, -0.15) is 0 Å². The van der Waals surface area contributed by atoms with E-state index in [1.54, 1.807) is 0 Å². The zero-order valence-corrected chi connectivity index (χ0v) is 14.2. The molecule has 1 aromatic heterocycles. The average molecular weight is 334 g/mol. The van der Waals surface area contributed by atoms with Gasteiger partial charge in [0, 0.05) is 32.6 Å². The maximum absolute atomic E-state index is 5.94. The predicted molar refractivity (Wildman–Crippen MR) is 96.2 cm³/mol. The summed E-state index contributed by atoms with van der Waals surface area (Å²) in [7, 11) is 0. The Morgan fingerprint density at radius 3 is 2.72 bits per heavy atom. The maximum Gasteiger partial charge on any atom is 0.134 e. The Morgan fingerprint density at radius 2 is 1.80 bits per heavy atom. The number of ether oxygens (including phenoxy) is 1. The Morgan fingerprint density at radius 1 is 0.920 bits per heavy atom. The molecular formula is C20H22N4O. The van der Waals surface area contributed by atoms with Gasteiger partial charge in [-0.15, -0.1) is 10.2 Å². The smallest absolute Gasteiger partial charge is 0.134 e. The molecule has 0 saturated heterocycles. The highest BCUT2D eigenvalue weighted by Crippen LogP contribution is 2.17. The lowest BCUT2D eigenvalue weighted by atomic mass is 10.2. The molecule has 0 atom stereocenters. The summed E-state index contributed by atoms with van der Waals surface area (Å²) in [6.45, 7) is 4.50. The SMILES string of the molecule is c1ccc(COc2cccc(CN3CCc4nncn4CC3)c2)cc1. The molecule has 2 heterocycles.